The minimum Gasteiger partial charge on any atom is -0.491 e. The molecule has 0 unspecified atom stereocenters. The molecule has 0 saturated heterocycles. The van der Waals surface area contributed by atoms with Crippen molar-refractivity contribution in [3.63, 3.8) is 0 Å². The molecule has 0 radical (unpaired) electrons. The van der Waals surface area contributed by atoms with Crippen LogP contribution in [0.25, 0.3) is 10.9 Å². The van der Waals surface area contributed by atoms with E-state index in [0.29, 0.717) is 5.69 Å². The number of rotatable bonds is 6. The maximum atomic E-state index is 5.87. The topological polar surface area (TPSA) is 73.1 Å². The lowest BCUT2D eigenvalue weighted by Crippen LogP contribution is -2.08. The van der Waals surface area contributed by atoms with Crippen molar-refractivity contribution in [3.8, 4) is 5.75 Å². The van der Waals surface area contributed by atoms with Crippen molar-refractivity contribution in [1.82, 2.24) is 9.97 Å². The summed E-state index contributed by atoms with van der Waals surface area (Å²) in [6.45, 7) is 4.83. The number of fused-ring (bicyclic) bond motifs is 1. The summed E-state index contributed by atoms with van der Waals surface area (Å²) in [7, 11) is 0. The summed E-state index contributed by atoms with van der Waals surface area (Å²) in [5.41, 5.74) is 8.68. The molecule has 0 spiro atoms. The van der Waals surface area contributed by atoms with Gasteiger partial charge < -0.3 is 15.8 Å². The Morgan fingerprint density at radius 1 is 1.12 bits per heavy atom. The first-order chi connectivity index (χ1) is 11.6. The number of benzene rings is 2. The van der Waals surface area contributed by atoms with Gasteiger partial charge in [-0.15, -0.1) is 0 Å². The number of nitrogens with one attached hydrogen (secondary N) is 1. The average molecular weight is 322 g/mol. The van der Waals surface area contributed by atoms with Crippen LogP contribution in [0.3, 0.4) is 0 Å². The van der Waals surface area contributed by atoms with E-state index in [9.17, 15) is 0 Å². The molecule has 124 valence electrons. The molecule has 0 aliphatic rings. The Labute approximate surface area is 141 Å². The second kappa shape index (κ2) is 7.17. The van der Waals surface area contributed by atoms with Crippen LogP contribution in [0.15, 0.2) is 48.8 Å². The van der Waals surface area contributed by atoms with Crippen LogP contribution in [0.2, 0.25) is 0 Å². The number of nitrogens with zero attached hydrogens (tertiary/aromatic N) is 2. The molecular formula is C19H22N4O. The summed E-state index contributed by atoms with van der Waals surface area (Å²) in [5.74, 6) is 1.71. The molecular weight excluding hydrogens is 300 g/mol. The highest BCUT2D eigenvalue weighted by Gasteiger charge is 2.04. The van der Waals surface area contributed by atoms with Gasteiger partial charge in [0.1, 0.15) is 17.9 Å². The lowest BCUT2D eigenvalue weighted by atomic mass is 10.1. The van der Waals surface area contributed by atoms with Crippen LogP contribution < -0.4 is 15.8 Å². The van der Waals surface area contributed by atoms with Crippen molar-refractivity contribution >= 4 is 22.4 Å². The SMILES string of the molecule is CC(C)Oc1cccc(CCNc2ncnc3ccc(N)cc23)c1. The van der Waals surface area contributed by atoms with Gasteiger partial charge in [-0.3, -0.25) is 0 Å². The zero-order chi connectivity index (χ0) is 16.9. The molecule has 5 heteroatoms. The first-order valence-corrected chi connectivity index (χ1v) is 8.11. The third-order valence-electron chi connectivity index (χ3n) is 3.64. The van der Waals surface area contributed by atoms with E-state index < -0.39 is 0 Å². The molecule has 1 heterocycles. The number of nitrogens with two attached hydrogens (primary N) is 1. The van der Waals surface area contributed by atoms with Crippen LogP contribution in [0.5, 0.6) is 5.75 Å². The van der Waals surface area contributed by atoms with Gasteiger partial charge >= 0.3 is 0 Å². The number of anilines is 2. The Morgan fingerprint density at radius 3 is 2.83 bits per heavy atom. The Balaban J connectivity index is 1.68. The van der Waals surface area contributed by atoms with Crippen molar-refractivity contribution < 1.29 is 4.74 Å². The maximum absolute atomic E-state index is 5.87. The van der Waals surface area contributed by atoms with Crippen LogP contribution in [0, 0.1) is 0 Å². The van der Waals surface area contributed by atoms with E-state index >= 15 is 0 Å². The van der Waals surface area contributed by atoms with Crippen LogP contribution in [-0.2, 0) is 6.42 Å². The highest BCUT2D eigenvalue weighted by Crippen LogP contribution is 2.22. The lowest BCUT2D eigenvalue weighted by molar-refractivity contribution is 0.242. The Morgan fingerprint density at radius 2 is 2.00 bits per heavy atom. The molecule has 0 aliphatic heterocycles. The van der Waals surface area contributed by atoms with E-state index in [0.717, 1.165) is 35.4 Å². The first kappa shape index (κ1) is 16.1. The highest BCUT2D eigenvalue weighted by molar-refractivity contribution is 5.91. The molecule has 3 N–H and O–H groups in total. The molecule has 1 aromatic heterocycles. The smallest absolute Gasteiger partial charge is 0.137 e. The zero-order valence-electron chi connectivity index (χ0n) is 14.0. The molecule has 0 atom stereocenters. The number of nitrogen functional groups attached to an aromatic ring is 1. The predicted octanol–water partition coefficient (Wildman–Crippen LogP) is 3.65. The molecule has 2 aromatic carbocycles. The van der Waals surface area contributed by atoms with E-state index in [1.54, 1.807) is 6.33 Å². The van der Waals surface area contributed by atoms with E-state index in [-0.39, 0.29) is 6.10 Å². The van der Waals surface area contributed by atoms with Crippen molar-refractivity contribution in [2.75, 3.05) is 17.6 Å². The Hall–Kier alpha value is -2.82. The first-order valence-electron chi connectivity index (χ1n) is 8.11. The molecule has 0 amide bonds. The minimum atomic E-state index is 0.177. The highest BCUT2D eigenvalue weighted by atomic mass is 16.5. The molecule has 0 saturated carbocycles. The van der Waals surface area contributed by atoms with Gasteiger partial charge in [0, 0.05) is 17.6 Å². The molecule has 3 aromatic rings. The summed E-state index contributed by atoms with van der Waals surface area (Å²) in [6, 6.07) is 13.8. The van der Waals surface area contributed by atoms with E-state index in [1.165, 1.54) is 5.56 Å². The Bertz CT molecular complexity index is 832. The molecule has 24 heavy (non-hydrogen) atoms. The fourth-order valence-electron chi connectivity index (χ4n) is 2.59. The molecule has 5 nitrogen and oxygen atoms in total. The van der Waals surface area contributed by atoms with Gasteiger partial charge in [-0.25, -0.2) is 9.97 Å². The van der Waals surface area contributed by atoms with Crippen molar-refractivity contribution in [2.24, 2.45) is 0 Å². The summed E-state index contributed by atoms with van der Waals surface area (Å²) in [5, 5.41) is 4.32. The molecule has 0 fully saturated rings. The predicted molar refractivity (Wildman–Crippen MR) is 98.4 cm³/mol. The van der Waals surface area contributed by atoms with Gasteiger partial charge in [0.25, 0.3) is 0 Å². The van der Waals surface area contributed by atoms with Crippen LogP contribution in [0.1, 0.15) is 19.4 Å². The fourth-order valence-corrected chi connectivity index (χ4v) is 2.59. The summed E-state index contributed by atoms with van der Waals surface area (Å²) in [4.78, 5) is 8.60. The van der Waals surface area contributed by atoms with Crippen molar-refractivity contribution in [1.29, 1.82) is 0 Å². The monoisotopic (exact) mass is 322 g/mol. The van der Waals surface area contributed by atoms with Crippen LogP contribution >= 0.6 is 0 Å². The van der Waals surface area contributed by atoms with E-state index in [4.69, 9.17) is 10.5 Å². The third-order valence-corrected chi connectivity index (χ3v) is 3.64. The Kier molecular flexibility index (Phi) is 4.79. The van der Waals surface area contributed by atoms with E-state index in [1.807, 2.05) is 44.2 Å². The average Bonchev–Trinajstić information content (AvgIpc) is 2.55. The maximum Gasteiger partial charge on any atom is 0.137 e. The molecule has 0 aliphatic carbocycles. The fraction of sp³-hybridized carbons (Fsp3) is 0.263. The third kappa shape index (κ3) is 3.93. The van der Waals surface area contributed by atoms with Gasteiger partial charge in [0.15, 0.2) is 0 Å². The second-order valence-electron chi connectivity index (χ2n) is 5.99. The van der Waals surface area contributed by atoms with Gasteiger partial charge in [0.2, 0.25) is 0 Å². The summed E-state index contributed by atoms with van der Waals surface area (Å²) >= 11 is 0. The van der Waals surface area contributed by atoms with Gasteiger partial charge in [-0.2, -0.15) is 0 Å². The van der Waals surface area contributed by atoms with Crippen molar-refractivity contribution in [2.45, 2.75) is 26.4 Å². The lowest BCUT2D eigenvalue weighted by Gasteiger charge is -2.12. The van der Waals surface area contributed by atoms with E-state index in [2.05, 4.69) is 27.4 Å². The number of ether oxygens (including phenoxy) is 1. The quantitative estimate of drug-likeness (QED) is 0.678. The van der Waals surface area contributed by atoms with Gasteiger partial charge in [-0.05, 0) is 56.2 Å². The van der Waals surface area contributed by atoms with Crippen LogP contribution in [-0.4, -0.2) is 22.6 Å². The normalized spacial score (nSPS) is 11.0. The summed E-state index contributed by atoms with van der Waals surface area (Å²) in [6.07, 6.45) is 2.62. The molecule has 3 rings (SSSR count). The van der Waals surface area contributed by atoms with Gasteiger partial charge in [-0.1, -0.05) is 12.1 Å². The van der Waals surface area contributed by atoms with Crippen molar-refractivity contribution in [3.05, 3.63) is 54.4 Å². The van der Waals surface area contributed by atoms with Gasteiger partial charge in [0.05, 0.1) is 11.6 Å². The minimum absolute atomic E-state index is 0.177. The second-order valence-corrected chi connectivity index (χ2v) is 5.99. The molecule has 0 bridgehead atoms. The largest absolute Gasteiger partial charge is 0.491 e. The standard InChI is InChI=1S/C19H22N4O/c1-13(2)24-16-5-3-4-14(10-16)8-9-21-19-17-11-15(20)6-7-18(17)22-12-23-19/h3-7,10-13H,8-9,20H2,1-2H3,(H,21,22,23). The zero-order valence-corrected chi connectivity index (χ0v) is 14.0. The number of hydrogen-bond donors (Lipinski definition) is 2. The number of aromatic nitrogens is 2. The summed E-state index contributed by atoms with van der Waals surface area (Å²) < 4.78 is 5.74. The van der Waals surface area contributed by atoms with Crippen LogP contribution in [0.4, 0.5) is 11.5 Å². The number of hydrogen-bond acceptors (Lipinski definition) is 5.